The molecule has 0 bridgehead atoms. The molecule has 0 aromatic carbocycles. The molecule has 154 valence electrons. The van der Waals surface area contributed by atoms with Gasteiger partial charge in [-0.05, 0) is 18.8 Å². The summed E-state index contributed by atoms with van der Waals surface area (Å²) >= 11 is 0. The van der Waals surface area contributed by atoms with E-state index in [1.165, 1.54) is 20.2 Å². The van der Waals surface area contributed by atoms with E-state index >= 15 is 0 Å². The number of rotatable bonds is 11. The summed E-state index contributed by atoms with van der Waals surface area (Å²) in [6.07, 6.45) is 2.38. The number of hydroxylamine groups is 2. The van der Waals surface area contributed by atoms with Crippen molar-refractivity contribution in [3.8, 4) is 0 Å². The molecule has 0 fully saturated rings. The molecular formula is C18H31N3O6. The number of imide groups is 1. The third-order valence-electron chi connectivity index (χ3n) is 4.11. The van der Waals surface area contributed by atoms with Crippen molar-refractivity contribution in [2.75, 3.05) is 27.2 Å². The van der Waals surface area contributed by atoms with Crippen LogP contribution < -0.4 is 5.32 Å². The van der Waals surface area contributed by atoms with Crippen LogP contribution in [0.5, 0.6) is 0 Å². The minimum atomic E-state index is -1.02. The lowest BCUT2D eigenvalue weighted by Crippen LogP contribution is -2.45. The Balaban J connectivity index is 4.72. The predicted molar refractivity (Wildman–Crippen MR) is 98.7 cm³/mol. The number of nitrogens with zero attached hydrogens (tertiary/aromatic N) is 2. The second kappa shape index (κ2) is 12.9. The van der Waals surface area contributed by atoms with Crippen LogP contribution >= 0.6 is 0 Å². The Labute approximate surface area is 160 Å². The van der Waals surface area contributed by atoms with E-state index in [-0.39, 0.29) is 25.4 Å². The van der Waals surface area contributed by atoms with Gasteiger partial charge in [0.15, 0.2) is 0 Å². The van der Waals surface area contributed by atoms with Gasteiger partial charge in [-0.2, -0.15) is 0 Å². The van der Waals surface area contributed by atoms with E-state index in [4.69, 9.17) is 0 Å². The molecule has 0 spiro atoms. The highest BCUT2D eigenvalue weighted by atomic mass is 16.5. The average molecular weight is 385 g/mol. The van der Waals surface area contributed by atoms with Crippen LogP contribution in [0.3, 0.4) is 0 Å². The summed E-state index contributed by atoms with van der Waals surface area (Å²) in [5.74, 6) is -2.90. The molecule has 0 aliphatic rings. The third kappa shape index (κ3) is 8.21. The Morgan fingerprint density at radius 1 is 1.30 bits per heavy atom. The molecule has 4 amide bonds. The number of carbonyl (C=O) groups excluding carboxylic acids is 4. The average Bonchev–Trinajstić information content (AvgIpc) is 2.64. The summed E-state index contributed by atoms with van der Waals surface area (Å²) < 4.78 is 4.45. The van der Waals surface area contributed by atoms with Crippen molar-refractivity contribution in [1.29, 1.82) is 0 Å². The van der Waals surface area contributed by atoms with Crippen molar-refractivity contribution in [3.05, 3.63) is 12.7 Å². The summed E-state index contributed by atoms with van der Waals surface area (Å²) in [5, 5.41) is 12.9. The topological polar surface area (TPSA) is 116 Å². The van der Waals surface area contributed by atoms with E-state index in [0.717, 1.165) is 11.3 Å². The van der Waals surface area contributed by atoms with E-state index in [2.05, 4.69) is 16.6 Å². The van der Waals surface area contributed by atoms with Gasteiger partial charge in [0.25, 0.3) is 5.91 Å². The molecule has 0 aliphatic heterocycles. The van der Waals surface area contributed by atoms with Gasteiger partial charge in [0.2, 0.25) is 11.8 Å². The molecule has 0 saturated carbocycles. The summed E-state index contributed by atoms with van der Waals surface area (Å²) in [5.41, 5.74) is 0. The Kier molecular flexibility index (Phi) is 11.7. The van der Waals surface area contributed by atoms with E-state index < -0.39 is 29.7 Å². The first-order valence-electron chi connectivity index (χ1n) is 8.94. The third-order valence-corrected chi connectivity index (χ3v) is 4.11. The van der Waals surface area contributed by atoms with Gasteiger partial charge in [-0.3, -0.25) is 24.5 Å². The van der Waals surface area contributed by atoms with Crippen LogP contribution in [0, 0.1) is 11.8 Å². The summed E-state index contributed by atoms with van der Waals surface area (Å²) in [6, 6.07) is 0. The molecule has 2 N–H and O–H groups in total. The van der Waals surface area contributed by atoms with Crippen LogP contribution in [-0.4, -0.2) is 66.2 Å². The molecular weight excluding hydrogens is 354 g/mol. The van der Waals surface area contributed by atoms with Gasteiger partial charge < -0.3 is 10.1 Å². The van der Waals surface area contributed by atoms with Crippen LogP contribution in [-0.2, 0) is 19.1 Å². The number of hydrogen-bond acceptors (Lipinski definition) is 6. The summed E-state index contributed by atoms with van der Waals surface area (Å²) in [7, 11) is 2.49. The summed E-state index contributed by atoms with van der Waals surface area (Å²) in [6.45, 7) is 7.27. The van der Waals surface area contributed by atoms with Gasteiger partial charge in [-0.1, -0.05) is 26.3 Å². The highest BCUT2D eigenvalue weighted by molar-refractivity contribution is 6.00. The smallest absolute Gasteiger partial charge is 0.415 e. The van der Waals surface area contributed by atoms with Crippen molar-refractivity contribution >= 4 is 23.8 Å². The lowest BCUT2D eigenvalue weighted by atomic mass is 9.88. The fourth-order valence-corrected chi connectivity index (χ4v) is 2.58. The molecule has 9 heteroatoms. The maximum absolute atomic E-state index is 12.5. The van der Waals surface area contributed by atoms with Crippen molar-refractivity contribution in [2.24, 2.45) is 11.8 Å². The number of nitrogens with one attached hydrogen (secondary N) is 1. The minimum Gasteiger partial charge on any atom is -0.452 e. The maximum atomic E-state index is 12.5. The molecule has 0 radical (unpaired) electrons. The first-order valence-corrected chi connectivity index (χ1v) is 8.94. The largest absolute Gasteiger partial charge is 0.452 e. The van der Waals surface area contributed by atoms with E-state index in [1.807, 2.05) is 6.92 Å². The van der Waals surface area contributed by atoms with E-state index in [9.17, 15) is 24.4 Å². The molecule has 0 rings (SSSR count). The number of methoxy groups -OCH3 is 1. The lowest BCUT2D eigenvalue weighted by Gasteiger charge is -2.25. The zero-order valence-corrected chi connectivity index (χ0v) is 16.6. The van der Waals surface area contributed by atoms with Crippen molar-refractivity contribution in [2.45, 2.75) is 39.5 Å². The van der Waals surface area contributed by atoms with Crippen molar-refractivity contribution in [3.63, 3.8) is 0 Å². The molecule has 9 nitrogen and oxygen atoms in total. The molecule has 0 aromatic heterocycles. The van der Waals surface area contributed by atoms with Crippen LogP contribution in [0.4, 0.5) is 4.79 Å². The van der Waals surface area contributed by atoms with Crippen molar-refractivity contribution in [1.82, 2.24) is 15.3 Å². The first-order chi connectivity index (χ1) is 12.7. The Morgan fingerprint density at radius 3 is 2.44 bits per heavy atom. The highest BCUT2D eigenvalue weighted by Crippen LogP contribution is 2.20. The molecule has 0 aromatic rings. The van der Waals surface area contributed by atoms with Crippen LogP contribution in [0.2, 0.25) is 0 Å². The quantitative estimate of drug-likeness (QED) is 0.183. The standard InChI is InChI=1S/C18H31N3O6/c1-6-9-13(3)15(17(24)21(26)12-7-2)16(23)19-11-8-10-14(22)20(4)18(25)27-5/h7,13,15,26H,2,6,8-12H2,1,3-5H3,(H,19,23)/t13-,15+/m1/s1. The molecule has 0 aliphatic carbocycles. The van der Waals surface area contributed by atoms with Crippen LogP contribution in [0.1, 0.15) is 39.5 Å². The van der Waals surface area contributed by atoms with Crippen LogP contribution in [0.25, 0.3) is 0 Å². The SMILES string of the molecule is C=CCN(O)C(=O)[C@H](C(=O)NCCCC(=O)N(C)C(=O)OC)[C@H](C)CCC. The van der Waals surface area contributed by atoms with Gasteiger partial charge in [0, 0.05) is 20.0 Å². The Hall–Kier alpha value is -2.42. The van der Waals surface area contributed by atoms with Gasteiger partial charge >= 0.3 is 6.09 Å². The van der Waals surface area contributed by atoms with Crippen molar-refractivity contribution < 1.29 is 29.1 Å². The Morgan fingerprint density at radius 2 is 1.93 bits per heavy atom. The highest BCUT2D eigenvalue weighted by Gasteiger charge is 2.34. The number of hydrogen-bond donors (Lipinski definition) is 2. The lowest BCUT2D eigenvalue weighted by molar-refractivity contribution is -0.171. The molecule has 27 heavy (non-hydrogen) atoms. The van der Waals surface area contributed by atoms with Gasteiger partial charge in [0.05, 0.1) is 13.7 Å². The zero-order valence-electron chi connectivity index (χ0n) is 16.6. The predicted octanol–water partition coefficient (Wildman–Crippen LogP) is 1.56. The van der Waals surface area contributed by atoms with Crippen LogP contribution in [0.15, 0.2) is 12.7 Å². The fourth-order valence-electron chi connectivity index (χ4n) is 2.58. The number of ether oxygens (including phenoxy) is 1. The number of amides is 4. The molecule has 2 atom stereocenters. The Bertz CT molecular complexity index is 537. The second-order valence-corrected chi connectivity index (χ2v) is 6.27. The first kappa shape index (κ1) is 24.6. The number of carbonyl (C=O) groups is 4. The van der Waals surface area contributed by atoms with E-state index in [0.29, 0.717) is 17.9 Å². The van der Waals surface area contributed by atoms with Gasteiger partial charge in [0.1, 0.15) is 5.92 Å². The molecule has 0 heterocycles. The maximum Gasteiger partial charge on any atom is 0.415 e. The monoisotopic (exact) mass is 385 g/mol. The van der Waals surface area contributed by atoms with Gasteiger partial charge in [-0.15, -0.1) is 6.58 Å². The normalized spacial score (nSPS) is 12.5. The molecule has 0 unspecified atom stereocenters. The van der Waals surface area contributed by atoms with E-state index in [1.54, 1.807) is 6.92 Å². The van der Waals surface area contributed by atoms with Gasteiger partial charge in [-0.25, -0.2) is 9.86 Å². The minimum absolute atomic E-state index is 0.0393. The zero-order chi connectivity index (χ0) is 21.0. The fraction of sp³-hybridized carbons (Fsp3) is 0.667. The molecule has 0 saturated heterocycles. The summed E-state index contributed by atoms with van der Waals surface area (Å²) in [4.78, 5) is 48.8. The second-order valence-electron chi connectivity index (χ2n) is 6.27.